The maximum atomic E-state index is 6.08. The number of halogens is 1. The van der Waals surface area contributed by atoms with E-state index in [0.29, 0.717) is 5.25 Å². The Morgan fingerprint density at radius 3 is 2.52 bits per heavy atom. The molecule has 1 heterocycles. The molecule has 0 aliphatic carbocycles. The van der Waals surface area contributed by atoms with Gasteiger partial charge in [0.2, 0.25) is 0 Å². The first-order chi connectivity index (χ1) is 10.2. The average Bonchev–Trinajstić information content (AvgIpc) is 2.50. The molecule has 0 saturated carbocycles. The summed E-state index contributed by atoms with van der Waals surface area (Å²) in [4.78, 5) is 2.67. The summed E-state index contributed by atoms with van der Waals surface area (Å²) >= 11 is 9.86. The van der Waals surface area contributed by atoms with E-state index < -0.39 is 0 Å². The molecular formula is C18H17ClS2. The van der Waals surface area contributed by atoms with Crippen molar-refractivity contribution >= 4 is 35.1 Å². The van der Waals surface area contributed by atoms with Gasteiger partial charge in [-0.1, -0.05) is 47.0 Å². The van der Waals surface area contributed by atoms with Gasteiger partial charge in [-0.2, -0.15) is 0 Å². The Balaban J connectivity index is 1.98. The lowest BCUT2D eigenvalue weighted by atomic mass is 10.0. The molecule has 1 atom stereocenters. The van der Waals surface area contributed by atoms with Crippen molar-refractivity contribution in [1.29, 1.82) is 0 Å². The van der Waals surface area contributed by atoms with Gasteiger partial charge in [-0.15, -0.1) is 23.5 Å². The van der Waals surface area contributed by atoms with Crippen LogP contribution in [-0.4, -0.2) is 5.75 Å². The zero-order chi connectivity index (χ0) is 14.8. The molecule has 0 nitrogen and oxygen atoms in total. The van der Waals surface area contributed by atoms with Gasteiger partial charge in [-0.3, -0.25) is 0 Å². The van der Waals surface area contributed by atoms with Crippen molar-refractivity contribution in [3.05, 3.63) is 70.3 Å². The third-order valence-electron chi connectivity index (χ3n) is 3.59. The zero-order valence-corrected chi connectivity index (χ0v) is 14.5. The van der Waals surface area contributed by atoms with Gasteiger partial charge >= 0.3 is 0 Å². The Hall–Kier alpha value is -0.830. The van der Waals surface area contributed by atoms with E-state index in [-0.39, 0.29) is 0 Å². The fourth-order valence-corrected chi connectivity index (χ4v) is 5.24. The lowest BCUT2D eigenvalue weighted by molar-refractivity contribution is 1.04. The minimum Gasteiger partial charge on any atom is -0.121 e. The standard InChI is InChI=1S/C18H17ClS2/c1-12-3-6-15(7-4-12)21-18-14(10-19)11-20-17-8-5-13(2)9-16(17)18/h3-10,18H,11H2,1-2H3/b14-10+. The molecule has 0 fully saturated rings. The van der Waals surface area contributed by atoms with E-state index in [1.165, 1.54) is 32.1 Å². The number of thioether (sulfide) groups is 2. The van der Waals surface area contributed by atoms with Gasteiger partial charge in [0.1, 0.15) is 0 Å². The number of fused-ring (bicyclic) bond motifs is 1. The fourth-order valence-electron chi connectivity index (χ4n) is 2.42. The van der Waals surface area contributed by atoms with Crippen LogP contribution in [0.15, 0.2) is 63.4 Å². The largest absolute Gasteiger partial charge is 0.121 e. The topological polar surface area (TPSA) is 0 Å². The van der Waals surface area contributed by atoms with Crippen molar-refractivity contribution in [2.24, 2.45) is 0 Å². The van der Waals surface area contributed by atoms with Crippen molar-refractivity contribution < 1.29 is 0 Å². The average molecular weight is 333 g/mol. The third kappa shape index (κ3) is 3.33. The molecule has 0 N–H and O–H groups in total. The number of rotatable bonds is 2. The maximum Gasteiger partial charge on any atom is 0.0584 e. The van der Waals surface area contributed by atoms with Crippen LogP contribution in [0.25, 0.3) is 0 Å². The first-order valence-electron chi connectivity index (χ1n) is 6.93. The van der Waals surface area contributed by atoms with E-state index in [0.717, 1.165) is 5.75 Å². The van der Waals surface area contributed by atoms with E-state index in [2.05, 4.69) is 56.3 Å². The van der Waals surface area contributed by atoms with Crippen molar-refractivity contribution in [3.8, 4) is 0 Å². The number of benzene rings is 2. The summed E-state index contributed by atoms with van der Waals surface area (Å²) < 4.78 is 0. The molecule has 1 unspecified atom stereocenters. The summed E-state index contributed by atoms with van der Waals surface area (Å²) in [5.41, 5.74) is 7.06. The first-order valence-corrected chi connectivity index (χ1v) is 9.23. The second kappa shape index (κ2) is 6.51. The molecule has 108 valence electrons. The summed E-state index contributed by atoms with van der Waals surface area (Å²) in [7, 11) is 0. The zero-order valence-electron chi connectivity index (χ0n) is 12.1. The first kappa shape index (κ1) is 15.1. The minimum absolute atomic E-state index is 0.321. The molecule has 2 aromatic rings. The molecule has 3 rings (SSSR count). The van der Waals surface area contributed by atoms with Crippen molar-refractivity contribution in [3.63, 3.8) is 0 Å². The van der Waals surface area contributed by atoms with Crippen LogP contribution in [0.4, 0.5) is 0 Å². The van der Waals surface area contributed by atoms with Gasteiger partial charge in [0.25, 0.3) is 0 Å². The highest BCUT2D eigenvalue weighted by atomic mass is 35.5. The molecule has 2 aromatic carbocycles. The Morgan fingerprint density at radius 2 is 1.81 bits per heavy atom. The van der Waals surface area contributed by atoms with E-state index in [1.807, 2.05) is 23.5 Å². The number of hydrogen-bond donors (Lipinski definition) is 0. The van der Waals surface area contributed by atoms with Crippen LogP contribution in [0.3, 0.4) is 0 Å². The van der Waals surface area contributed by atoms with Gasteiger partial charge < -0.3 is 0 Å². The van der Waals surface area contributed by atoms with E-state index >= 15 is 0 Å². The molecule has 0 spiro atoms. The summed E-state index contributed by atoms with van der Waals surface area (Å²) in [6.45, 7) is 4.27. The summed E-state index contributed by atoms with van der Waals surface area (Å²) in [6, 6.07) is 15.5. The Labute approximate surface area is 140 Å². The second-order valence-electron chi connectivity index (χ2n) is 5.32. The van der Waals surface area contributed by atoms with Crippen LogP contribution in [0, 0.1) is 13.8 Å². The maximum absolute atomic E-state index is 6.08. The highest BCUT2D eigenvalue weighted by Gasteiger charge is 2.26. The summed E-state index contributed by atoms with van der Waals surface area (Å²) in [6.07, 6.45) is 0. The van der Waals surface area contributed by atoms with E-state index in [4.69, 9.17) is 11.6 Å². The van der Waals surface area contributed by atoms with Gasteiger partial charge in [0, 0.05) is 21.1 Å². The van der Waals surface area contributed by atoms with Crippen LogP contribution in [0.2, 0.25) is 0 Å². The summed E-state index contributed by atoms with van der Waals surface area (Å²) in [5.74, 6) is 0.975. The molecule has 3 heteroatoms. The molecule has 21 heavy (non-hydrogen) atoms. The predicted molar refractivity (Wildman–Crippen MR) is 95.6 cm³/mol. The molecule has 1 aliphatic rings. The van der Waals surface area contributed by atoms with Gasteiger partial charge in [-0.05, 0) is 43.2 Å². The molecule has 0 aromatic heterocycles. The number of aryl methyl sites for hydroxylation is 2. The van der Waals surface area contributed by atoms with Crippen LogP contribution >= 0.6 is 35.1 Å². The van der Waals surface area contributed by atoms with E-state index in [1.54, 1.807) is 5.54 Å². The van der Waals surface area contributed by atoms with Gasteiger partial charge in [0.15, 0.2) is 0 Å². The quantitative estimate of drug-likeness (QED) is 0.627. The smallest absolute Gasteiger partial charge is 0.0584 e. The number of hydrogen-bond acceptors (Lipinski definition) is 2. The Kier molecular flexibility index (Phi) is 4.68. The fraction of sp³-hybridized carbons (Fsp3) is 0.222. The minimum atomic E-state index is 0.321. The lowest BCUT2D eigenvalue weighted by Crippen LogP contribution is -2.08. The van der Waals surface area contributed by atoms with Crippen molar-refractivity contribution in [1.82, 2.24) is 0 Å². The van der Waals surface area contributed by atoms with Gasteiger partial charge in [0.05, 0.1) is 5.25 Å². The second-order valence-corrected chi connectivity index (χ2v) is 7.74. The molecular weight excluding hydrogens is 316 g/mol. The molecule has 0 bridgehead atoms. The third-order valence-corrected chi connectivity index (χ3v) is 6.37. The van der Waals surface area contributed by atoms with Gasteiger partial charge in [-0.25, -0.2) is 0 Å². The normalized spacial score (nSPS) is 19.6. The lowest BCUT2D eigenvalue weighted by Gasteiger charge is -2.27. The monoisotopic (exact) mass is 332 g/mol. The summed E-state index contributed by atoms with van der Waals surface area (Å²) in [5, 5.41) is 0.321. The van der Waals surface area contributed by atoms with E-state index in [9.17, 15) is 0 Å². The molecule has 1 aliphatic heterocycles. The molecule has 0 saturated heterocycles. The highest BCUT2D eigenvalue weighted by Crippen LogP contribution is 2.49. The molecule has 0 amide bonds. The highest BCUT2D eigenvalue weighted by molar-refractivity contribution is 8.01. The Bertz CT molecular complexity index is 674. The predicted octanol–water partition coefficient (Wildman–Crippen LogP) is 6.37. The Morgan fingerprint density at radius 1 is 1.10 bits per heavy atom. The van der Waals surface area contributed by atoms with Crippen LogP contribution in [-0.2, 0) is 0 Å². The SMILES string of the molecule is Cc1ccc(SC2/C(=C/Cl)CSc3ccc(C)cc32)cc1. The van der Waals surface area contributed by atoms with Crippen LogP contribution in [0.1, 0.15) is 21.9 Å². The van der Waals surface area contributed by atoms with Crippen molar-refractivity contribution in [2.75, 3.05) is 5.75 Å². The van der Waals surface area contributed by atoms with Crippen LogP contribution in [0.5, 0.6) is 0 Å². The van der Waals surface area contributed by atoms with Crippen LogP contribution < -0.4 is 0 Å². The van der Waals surface area contributed by atoms with Crippen molar-refractivity contribution in [2.45, 2.75) is 28.9 Å². The molecule has 0 radical (unpaired) electrons.